The van der Waals surface area contributed by atoms with Crippen LogP contribution < -0.4 is 0 Å². The van der Waals surface area contributed by atoms with E-state index in [0.29, 0.717) is 0 Å². The molecule has 54 valence electrons. The molecule has 1 fully saturated rings. The van der Waals surface area contributed by atoms with Crippen LogP contribution >= 0.6 is 22.8 Å². The summed E-state index contributed by atoms with van der Waals surface area (Å²) in [4.78, 5) is 0. The Morgan fingerprint density at radius 1 is 1.44 bits per heavy atom. The van der Waals surface area contributed by atoms with Gasteiger partial charge in [-0.05, 0) is 13.7 Å². The van der Waals surface area contributed by atoms with E-state index in [1.54, 1.807) is 0 Å². The van der Waals surface area contributed by atoms with Gasteiger partial charge in [0, 0.05) is 6.16 Å². The molecule has 0 aromatic heterocycles. The lowest BCUT2D eigenvalue weighted by Gasteiger charge is -2.21. The van der Waals surface area contributed by atoms with E-state index in [2.05, 4.69) is 15.5 Å². The third-order valence-corrected chi connectivity index (χ3v) is 2.60. The van der Waals surface area contributed by atoms with Crippen LogP contribution in [-0.2, 0) is 9.47 Å². The first kappa shape index (κ1) is 7.93. The lowest BCUT2D eigenvalue weighted by molar-refractivity contribution is -0.164. The van der Waals surface area contributed by atoms with E-state index in [-0.39, 0.29) is 6.29 Å². The number of ether oxygens (including phenoxy) is 2. The zero-order valence-electron chi connectivity index (χ0n) is 5.10. The fourth-order valence-electron chi connectivity index (χ4n) is 0.717. The molecular formula is C5H10BrO2P. The van der Waals surface area contributed by atoms with E-state index in [0.717, 1.165) is 33.1 Å². The molecule has 0 aliphatic carbocycles. The van der Waals surface area contributed by atoms with E-state index in [1.807, 2.05) is 0 Å². The molecule has 1 aliphatic rings. The fraction of sp³-hybridized carbons (Fsp3) is 1.00. The maximum absolute atomic E-state index is 5.27. The summed E-state index contributed by atoms with van der Waals surface area (Å²) in [5.74, 6) is 0. The van der Waals surface area contributed by atoms with Crippen LogP contribution in [0.2, 0.25) is 0 Å². The van der Waals surface area contributed by atoms with Gasteiger partial charge in [-0.3, -0.25) is 0 Å². The summed E-state index contributed by atoms with van der Waals surface area (Å²) in [7, 11) is 0.751. The molecule has 1 heterocycles. The molecule has 0 radical (unpaired) electrons. The van der Waals surface area contributed by atoms with Gasteiger partial charge in [0.15, 0.2) is 6.29 Å². The molecule has 0 saturated carbocycles. The molecule has 1 saturated heterocycles. The van der Waals surface area contributed by atoms with E-state index in [4.69, 9.17) is 9.47 Å². The number of hydrogen-bond donors (Lipinski definition) is 0. The Bertz CT molecular complexity index is 72.6. The van der Waals surface area contributed by atoms with Crippen LogP contribution in [0.25, 0.3) is 0 Å². The van der Waals surface area contributed by atoms with Crippen molar-refractivity contribution in [3.8, 4) is 0 Å². The third kappa shape index (κ3) is 2.94. The van der Waals surface area contributed by atoms with Gasteiger partial charge in [-0.1, -0.05) is 15.5 Å². The average Bonchev–Trinajstić information content (AvgIpc) is 1.91. The van der Waals surface area contributed by atoms with Gasteiger partial charge in [-0.15, -0.1) is 0 Å². The average molecular weight is 213 g/mol. The normalized spacial score (nSPS) is 23.7. The summed E-state index contributed by atoms with van der Waals surface area (Å²) in [6.45, 7) is 1.73. The highest BCUT2D eigenvalue weighted by atomic mass is 79.9. The first-order valence-corrected chi connectivity index (χ1v) is 6.46. The summed E-state index contributed by atoms with van der Waals surface area (Å²) < 4.78 is 10.5. The van der Waals surface area contributed by atoms with Crippen LogP contribution in [0, 0.1) is 0 Å². The predicted molar refractivity (Wildman–Crippen MR) is 42.4 cm³/mol. The van der Waals surface area contributed by atoms with Crippen molar-refractivity contribution < 1.29 is 9.47 Å². The Hall–Kier alpha value is 0.830. The Balaban J connectivity index is 2.08. The van der Waals surface area contributed by atoms with Crippen LogP contribution in [0.1, 0.15) is 6.42 Å². The van der Waals surface area contributed by atoms with Crippen LogP contribution in [-0.4, -0.2) is 25.7 Å². The van der Waals surface area contributed by atoms with Gasteiger partial charge >= 0.3 is 0 Å². The van der Waals surface area contributed by atoms with Crippen molar-refractivity contribution in [2.45, 2.75) is 12.7 Å². The molecule has 0 bridgehead atoms. The Morgan fingerprint density at radius 3 is 2.67 bits per heavy atom. The smallest absolute Gasteiger partial charge is 0.161 e. The molecule has 9 heavy (non-hydrogen) atoms. The zero-order valence-corrected chi connectivity index (χ0v) is 7.69. The maximum Gasteiger partial charge on any atom is 0.161 e. The van der Waals surface area contributed by atoms with Gasteiger partial charge in [0.25, 0.3) is 0 Å². The van der Waals surface area contributed by atoms with Crippen LogP contribution in [0.5, 0.6) is 0 Å². The van der Waals surface area contributed by atoms with Gasteiger partial charge in [0.2, 0.25) is 0 Å². The molecule has 4 heteroatoms. The molecule has 0 spiro atoms. The molecule has 0 amide bonds. The summed E-state index contributed by atoms with van der Waals surface area (Å²) in [5, 5.41) is 0. The van der Waals surface area contributed by atoms with E-state index in [1.165, 1.54) is 0 Å². The molecule has 0 aromatic rings. The monoisotopic (exact) mass is 212 g/mol. The van der Waals surface area contributed by atoms with Gasteiger partial charge in [0.1, 0.15) is 0 Å². The first-order valence-electron chi connectivity index (χ1n) is 3.00. The quantitative estimate of drug-likeness (QED) is 0.650. The van der Waals surface area contributed by atoms with Crippen molar-refractivity contribution >= 4 is 22.8 Å². The molecule has 0 N–H and O–H groups in total. The first-order chi connectivity index (χ1) is 4.43. The highest BCUT2D eigenvalue weighted by Crippen LogP contribution is 2.23. The van der Waals surface area contributed by atoms with E-state index < -0.39 is 0 Å². The minimum Gasteiger partial charge on any atom is -0.352 e. The largest absolute Gasteiger partial charge is 0.352 e. The summed E-state index contributed by atoms with van der Waals surface area (Å²) in [6.07, 6.45) is 2.10. The zero-order chi connectivity index (χ0) is 6.53. The molecule has 2 nitrogen and oxygen atoms in total. The van der Waals surface area contributed by atoms with Crippen LogP contribution in [0.3, 0.4) is 0 Å². The molecule has 1 atom stereocenters. The van der Waals surface area contributed by atoms with Gasteiger partial charge in [0.05, 0.1) is 13.2 Å². The van der Waals surface area contributed by atoms with Crippen molar-refractivity contribution in [2.24, 2.45) is 0 Å². The van der Waals surface area contributed by atoms with Crippen molar-refractivity contribution in [3.05, 3.63) is 0 Å². The molecule has 0 aromatic carbocycles. The standard InChI is InChI=1S/C5H10BrO2P/c6-9-4-5-7-2-1-3-8-5/h5,9H,1-4H2. The van der Waals surface area contributed by atoms with Gasteiger partial charge < -0.3 is 9.47 Å². The highest BCUT2D eigenvalue weighted by Gasteiger charge is 2.11. The van der Waals surface area contributed by atoms with Gasteiger partial charge in [-0.25, -0.2) is 0 Å². The Labute approximate surface area is 64.8 Å². The second kappa shape index (κ2) is 4.62. The van der Waals surface area contributed by atoms with Crippen molar-refractivity contribution in [2.75, 3.05) is 19.4 Å². The van der Waals surface area contributed by atoms with Crippen LogP contribution in [0.15, 0.2) is 0 Å². The molecule has 1 rings (SSSR count). The van der Waals surface area contributed by atoms with Crippen molar-refractivity contribution in [3.63, 3.8) is 0 Å². The van der Waals surface area contributed by atoms with Crippen molar-refractivity contribution in [1.82, 2.24) is 0 Å². The summed E-state index contributed by atoms with van der Waals surface area (Å²) >= 11 is 3.35. The predicted octanol–water partition coefficient (Wildman–Crippen LogP) is 1.74. The Kier molecular flexibility index (Phi) is 4.07. The Morgan fingerprint density at radius 2 is 2.11 bits per heavy atom. The number of halogens is 1. The van der Waals surface area contributed by atoms with Crippen LogP contribution in [0.4, 0.5) is 0 Å². The molecule has 1 aliphatic heterocycles. The molecule has 1 unspecified atom stereocenters. The lowest BCUT2D eigenvalue weighted by atomic mass is 10.4. The lowest BCUT2D eigenvalue weighted by Crippen LogP contribution is -2.26. The van der Waals surface area contributed by atoms with Crippen molar-refractivity contribution in [1.29, 1.82) is 0 Å². The summed E-state index contributed by atoms with van der Waals surface area (Å²) in [6, 6.07) is 0. The minimum absolute atomic E-state index is 0.0662. The topological polar surface area (TPSA) is 18.5 Å². The third-order valence-electron chi connectivity index (χ3n) is 1.14. The fourth-order valence-corrected chi connectivity index (χ4v) is 1.87. The second-order valence-electron chi connectivity index (χ2n) is 1.86. The SMILES string of the molecule is BrPCC1OCCCO1. The second-order valence-corrected chi connectivity index (χ2v) is 4.22. The minimum atomic E-state index is 0.0662. The number of hydrogen-bond acceptors (Lipinski definition) is 2. The summed E-state index contributed by atoms with van der Waals surface area (Å²) in [5.41, 5.74) is 0. The van der Waals surface area contributed by atoms with Gasteiger partial charge in [-0.2, -0.15) is 0 Å². The van der Waals surface area contributed by atoms with E-state index in [9.17, 15) is 0 Å². The maximum atomic E-state index is 5.27. The highest BCUT2D eigenvalue weighted by molar-refractivity contribution is 9.36. The van der Waals surface area contributed by atoms with E-state index >= 15 is 0 Å². The number of rotatable bonds is 2. The molecular weight excluding hydrogens is 203 g/mol.